The van der Waals surface area contributed by atoms with E-state index in [-0.39, 0.29) is 41.1 Å². The Labute approximate surface area is 192 Å². The Kier molecular flexibility index (Phi) is 5.64. The first-order valence-electron chi connectivity index (χ1n) is 10.9. The monoisotopic (exact) mass is 477 g/mol. The maximum atomic E-state index is 12.6. The number of imidazole rings is 1. The van der Waals surface area contributed by atoms with Crippen LogP contribution in [0.4, 0.5) is 0 Å². The highest BCUT2D eigenvalue weighted by atomic mass is 32.1. The molecule has 2 N–H and O–H groups in total. The van der Waals surface area contributed by atoms with Gasteiger partial charge in [-0.3, -0.25) is 9.20 Å². The van der Waals surface area contributed by atoms with Crippen LogP contribution in [0.3, 0.4) is 0 Å². The summed E-state index contributed by atoms with van der Waals surface area (Å²) in [5, 5.41) is 19.3. The third-order valence-corrected chi connectivity index (χ3v) is 12.8. The zero-order valence-electron chi connectivity index (χ0n) is 19.4. The molecular weight excluding hydrogens is 446 g/mol. The van der Waals surface area contributed by atoms with Crippen molar-refractivity contribution in [3.63, 3.8) is 0 Å². The second-order valence-electron chi connectivity index (χ2n) is 10.2. The minimum Gasteiger partial charge on any atom is -0.477 e. The van der Waals surface area contributed by atoms with Crippen LogP contribution in [-0.4, -0.2) is 57.3 Å². The van der Waals surface area contributed by atoms with E-state index in [9.17, 15) is 19.8 Å². The number of hydrogen-bond acceptors (Lipinski definition) is 6. The summed E-state index contributed by atoms with van der Waals surface area (Å²) in [6.07, 6.45) is 4.06. The van der Waals surface area contributed by atoms with Crippen molar-refractivity contribution in [2.75, 3.05) is 6.61 Å². The number of rotatable bonds is 7. The number of thiazole rings is 1. The van der Waals surface area contributed by atoms with E-state index in [0.717, 1.165) is 15.5 Å². The molecule has 0 aromatic carbocycles. The number of aliphatic carboxylic acids is 1. The Bertz CT molecular complexity index is 1110. The van der Waals surface area contributed by atoms with Crippen molar-refractivity contribution >= 4 is 41.9 Å². The molecule has 0 saturated carbocycles. The highest BCUT2D eigenvalue weighted by Crippen LogP contribution is 2.51. The van der Waals surface area contributed by atoms with E-state index in [1.165, 1.54) is 16.2 Å². The van der Waals surface area contributed by atoms with Crippen molar-refractivity contribution in [3.05, 3.63) is 28.8 Å². The predicted molar refractivity (Wildman–Crippen MR) is 125 cm³/mol. The summed E-state index contributed by atoms with van der Waals surface area (Å²) in [6, 6.07) is -0.211. The number of aliphatic hydroxyl groups is 1. The average molecular weight is 478 g/mol. The largest absolute Gasteiger partial charge is 0.477 e. The number of carboxylic acids is 1. The molecule has 2 aromatic rings. The zero-order chi connectivity index (χ0) is 23.6. The topological polar surface area (TPSA) is 104 Å². The summed E-state index contributed by atoms with van der Waals surface area (Å²) in [7, 11) is -1.94. The number of carbonyl (C=O) groups excluding carboxylic acids is 1. The molecule has 0 radical (unpaired) electrons. The number of carboxylic acid groups (broad SMARTS) is 1. The van der Waals surface area contributed by atoms with Gasteiger partial charge in [0.25, 0.3) is 0 Å². The fourth-order valence-electron chi connectivity index (χ4n) is 4.45. The summed E-state index contributed by atoms with van der Waals surface area (Å²) in [6.45, 7) is 13.3. The first kappa shape index (κ1) is 23.2. The van der Waals surface area contributed by atoms with Crippen molar-refractivity contribution < 1.29 is 24.2 Å². The molecule has 0 aliphatic carbocycles. The molecule has 4 heterocycles. The molecule has 3 atom stereocenters. The van der Waals surface area contributed by atoms with E-state index in [4.69, 9.17) is 4.43 Å². The van der Waals surface area contributed by atoms with Crippen LogP contribution in [0.25, 0.3) is 10.4 Å². The molecule has 10 heteroatoms. The van der Waals surface area contributed by atoms with E-state index in [1.54, 1.807) is 6.20 Å². The molecule has 1 saturated heterocycles. The number of hydrogen-bond donors (Lipinski definition) is 2. The smallest absolute Gasteiger partial charge is 0.352 e. The maximum absolute atomic E-state index is 12.6. The Morgan fingerprint density at radius 3 is 2.62 bits per heavy atom. The zero-order valence-corrected chi connectivity index (χ0v) is 21.2. The van der Waals surface area contributed by atoms with Crippen LogP contribution in [-0.2, 0) is 20.6 Å². The summed E-state index contributed by atoms with van der Waals surface area (Å²) in [5.41, 5.74) is 0.750. The lowest BCUT2D eigenvalue weighted by atomic mass is 9.79. The second kappa shape index (κ2) is 7.79. The molecule has 0 spiro atoms. The number of aliphatic hydroxyl groups excluding tert-OH is 1. The van der Waals surface area contributed by atoms with Crippen LogP contribution in [0.5, 0.6) is 0 Å². The highest BCUT2D eigenvalue weighted by Gasteiger charge is 2.58. The van der Waals surface area contributed by atoms with E-state index in [1.807, 2.05) is 17.5 Å². The van der Waals surface area contributed by atoms with E-state index in [2.05, 4.69) is 38.8 Å². The SMILES string of the molecule is C[C@@H]1C(c2cn3c(CO[Si](C)(C)C(C)(C)C)ncc3s2)=C(C(=O)O)N2C(=O)[C@@H](CCO)[C@@H]12. The quantitative estimate of drug-likeness (QED) is 0.467. The molecule has 2 aromatic heterocycles. The van der Waals surface area contributed by atoms with Gasteiger partial charge in [0.1, 0.15) is 16.4 Å². The lowest BCUT2D eigenvalue weighted by Gasteiger charge is -2.45. The molecule has 2 aliphatic rings. The second-order valence-corrected chi connectivity index (χ2v) is 16.1. The molecule has 174 valence electrons. The lowest BCUT2D eigenvalue weighted by Crippen LogP contribution is -2.60. The summed E-state index contributed by atoms with van der Waals surface area (Å²) in [5.74, 6) is -0.978. The number of carbonyl (C=O) groups is 2. The third-order valence-electron chi connectivity index (χ3n) is 7.31. The molecule has 0 bridgehead atoms. The van der Waals surface area contributed by atoms with Gasteiger partial charge >= 0.3 is 5.97 Å². The minimum atomic E-state index is -1.94. The van der Waals surface area contributed by atoms with Gasteiger partial charge in [0, 0.05) is 24.3 Å². The molecular formula is C22H31N3O5SSi. The van der Waals surface area contributed by atoms with Gasteiger partial charge in [0.05, 0.1) is 29.6 Å². The summed E-state index contributed by atoms with van der Waals surface area (Å²) in [4.78, 5) is 32.4. The first-order valence-corrected chi connectivity index (χ1v) is 14.6. The molecule has 0 unspecified atom stereocenters. The summed E-state index contributed by atoms with van der Waals surface area (Å²) >= 11 is 1.47. The van der Waals surface area contributed by atoms with Gasteiger partial charge in [-0.05, 0) is 24.6 Å². The Morgan fingerprint density at radius 2 is 2.03 bits per heavy atom. The molecule has 8 nitrogen and oxygen atoms in total. The summed E-state index contributed by atoms with van der Waals surface area (Å²) < 4.78 is 8.31. The van der Waals surface area contributed by atoms with E-state index >= 15 is 0 Å². The number of aromatic nitrogens is 2. The van der Waals surface area contributed by atoms with Gasteiger partial charge in [0.2, 0.25) is 5.91 Å². The Hall–Kier alpha value is -2.01. The fraction of sp³-hybridized carbons (Fsp3) is 0.591. The van der Waals surface area contributed by atoms with Crippen LogP contribution in [0, 0.1) is 11.8 Å². The van der Waals surface area contributed by atoms with Crippen LogP contribution < -0.4 is 0 Å². The van der Waals surface area contributed by atoms with Gasteiger partial charge in [-0.1, -0.05) is 27.7 Å². The normalized spacial score (nSPS) is 23.8. The fourth-order valence-corrected chi connectivity index (χ4v) is 6.51. The predicted octanol–water partition coefficient (Wildman–Crippen LogP) is 3.57. The van der Waals surface area contributed by atoms with Crippen molar-refractivity contribution in [2.45, 2.75) is 64.9 Å². The number of β-lactam (4-membered cyclic amide) rings is 1. The van der Waals surface area contributed by atoms with Crippen LogP contribution in [0.2, 0.25) is 18.1 Å². The van der Waals surface area contributed by atoms with Gasteiger partial charge in [-0.15, -0.1) is 11.3 Å². The van der Waals surface area contributed by atoms with Crippen LogP contribution in [0.15, 0.2) is 18.1 Å². The highest BCUT2D eigenvalue weighted by molar-refractivity contribution is 7.18. The first-order chi connectivity index (χ1) is 14.9. The van der Waals surface area contributed by atoms with Crippen molar-refractivity contribution in [3.8, 4) is 0 Å². The number of fused-ring (bicyclic) bond motifs is 2. The van der Waals surface area contributed by atoms with Gasteiger partial charge < -0.3 is 19.5 Å². The van der Waals surface area contributed by atoms with Crippen LogP contribution >= 0.6 is 11.3 Å². The van der Waals surface area contributed by atoms with E-state index < -0.39 is 14.3 Å². The van der Waals surface area contributed by atoms with Crippen molar-refractivity contribution in [1.82, 2.24) is 14.3 Å². The maximum Gasteiger partial charge on any atom is 0.352 e. The molecule has 4 rings (SSSR count). The Balaban J connectivity index is 1.67. The van der Waals surface area contributed by atoms with Crippen molar-refractivity contribution in [1.29, 1.82) is 0 Å². The molecule has 1 amide bonds. The lowest BCUT2D eigenvalue weighted by molar-refractivity contribution is -0.157. The Morgan fingerprint density at radius 1 is 1.34 bits per heavy atom. The average Bonchev–Trinajstić information content (AvgIpc) is 3.33. The van der Waals surface area contributed by atoms with Gasteiger partial charge in [0.15, 0.2) is 8.32 Å². The van der Waals surface area contributed by atoms with E-state index in [0.29, 0.717) is 18.6 Å². The third kappa shape index (κ3) is 3.44. The van der Waals surface area contributed by atoms with Crippen LogP contribution in [0.1, 0.15) is 44.8 Å². The van der Waals surface area contributed by atoms with Crippen molar-refractivity contribution in [2.24, 2.45) is 11.8 Å². The van der Waals surface area contributed by atoms with Gasteiger partial charge in [-0.2, -0.15) is 0 Å². The molecule has 2 aliphatic heterocycles. The number of nitrogens with zero attached hydrogens (tertiary/aromatic N) is 3. The molecule has 1 fully saturated rings. The van der Waals surface area contributed by atoms with Gasteiger partial charge in [-0.25, -0.2) is 9.78 Å². The standard InChI is InChI=1S/C22H31N3O5SSi/c1-12-17(19(21(28)29)25-18(12)13(7-8-26)20(25)27)14-10-24-15(23-9-16(24)31-14)11-30-32(5,6)22(2,3)4/h9-10,12-13,18,26H,7-8,11H2,1-6H3,(H,28,29)/t12-,13+,18-/m1/s1. The molecule has 32 heavy (non-hydrogen) atoms. The number of amides is 1. The minimum absolute atomic E-state index is 0.0678.